The lowest BCUT2D eigenvalue weighted by Crippen LogP contribution is -2.11. The van der Waals surface area contributed by atoms with Crippen LogP contribution in [0.3, 0.4) is 0 Å². The van der Waals surface area contributed by atoms with Gasteiger partial charge in [0.1, 0.15) is 5.75 Å². The van der Waals surface area contributed by atoms with Gasteiger partial charge in [-0.25, -0.2) is 0 Å². The average Bonchev–Trinajstić information content (AvgIpc) is 2.47. The molecule has 21 heavy (non-hydrogen) atoms. The molecule has 0 radical (unpaired) electrons. The van der Waals surface area contributed by atoms with Gasteiger partial charge in [0.15, 0.2) is 0 Å². The first-order chi connectivity index (χ1) is 10.1. The summed E-state index contributed by atoms with van der Waals surface area (Å²) in [4.78, 5) is 2.17. The fraction of sp³-hybridized carbons (Fsp3) is 0.333. The molecular weight excluding hydrogens is 260 g/mol. The molecule has 0 heterocycles. The Morgan fingerprint density at radius 2 is 1.86 bits per heavy atom. The van der Waals surface area contributed by atoms with Crippen molar-refractivity contribution in [3.63, 3.8) is 0 Å². The van der Waals surface area contributed by atoms with Gasteiger partial charge in [-0.05, 0) is 56.4 Å². The van der Waals surface area contributed by atoms with E-state index < -0.39 is 0 Å². The molecule has 1 unspecified atom stereocenters. The number of benzene rings is 2. The Morgan fingerprint density at radius 3 is 2.57 bits per heavy atom. The number of ether oxygens (including phenoxy) is 1. The standard InChI is InChI=1S/C18H24N2O/c1-14(16-8-6-10-18(12-16)21-4)19-17-9-5-7-15(11-17)13-20(2)3/h5-12,14,19H,13H2,1-4H3. The molecule has 0 aliphatic carbocycles. The monoisotopic (exact) mass is 284 g/mol. The van der Waals surface area contributed by atoms with Gasteiger partial charge in [-0.2, -0.15) is 0 Å². The fourth-order valence-corrected chi connectivity index (χ4v) is 2.37. The molecule has 3 nitrogen and oxygen atoms in total. The zero-order valence-electron chi connectivity index (χ0n) is 13.3. The van der Waals surface area contributed by atoms with Gasteiger partial charge in [-0.15, -0.1) is 0 Å². The molecule has 0 aliphatic rings. The SMILES string of the molecule is COc1cccc(C(C)Nc2cccc(CN(C)C)c2)c1. The van der Waals surface area contributed by atoms with Crippen LogP contribution < -0.4 is 10.1 Å². The molecule has 0 aliphatic heterocycles. The Kier molecular flexibility index (Phi) is 5.23. The second kappa shape index (κ2) is 7.14. The van der Waals surface area contributed by atoms with Gasteiger partial charge in [0.2, 0.25) is 0 Å². The summed E-state index contributed by atoms with van der Waals surface area (Å²) in [5.74, 6) is 0.891. The highest BCUT2D eigenvalue weighted by atomic mass is 16.5. The summed E-state index contributed by atoms with van der Waals surface area (Å²) in [6.45, 7) is 3.11. The molecule has 0 bridgehead atoms. The predicted molar refractivity (Wildman–Crippen MR) is 88.9 cm³/mol. The van der Waals surface area contributed by atoms with Crippen molar-refractivity contribution in [3.8, 4) is 5.75 Å². The molecule has 3 heteroatoms. The van der Waals surface area contributed by atoms with E-state index in [0.29, 0.717) is 0 Å². The zero-order valence-corrected chi connectivity index (χ0v) is 13.3. The maximum absolute atomic E-state index is 5.28. The minimum absolute atomic E-state index is 0.231. The summed E-state index contributed by atoms with van der Waals surface area (Å²) in [7, 11) is 5.86. The normalized spacial score (nSPS) is 12.2. The van der Waals surface area contributed by atoms with Crippen LogP contribution in [0.5, 0.6) is 5.75 Å². The van der Waals surface area contributed by atoms with Crippen molar-refractivity contribution in [3.05, 3.63) is 59.7 Å². The first kappa shape index (κ1) is 15.4. The number of nitrogens with zero attached hydrogens (tertiary/aromatic N) is 1. The molecule has 112 valence electrons. The topological polar surface area (TPSA) is 24.5 Å². The fourth-order valence-electron chi connectivity index (χ4n) is 2.37. The van der Waals surface area contributed by atoms with E-state index in [9.17, 15) is 0 Å². The van der Waals surface area contributed by atoms with Gasteiger partial charge < -0.3 is 15.0 Å². The second-order valence-electron chi connectivity index (χ2n) is 5.58. The largest absolute Gasteiger partial charge is 0.497 e. The highest BCUT2D eigenvalue weighted by Crippen LogP contribution is 2.23. The highest BCUT2D eigenvalue weighted by Gasteiger charge is 2.07. The lowest BCUT2D eigenvalue weighted by atomic mass is 10.1. The van der Waals surface area contributed by atoms with Crippen molar-refractivity contribution in [2.45, 2.75) is 19.5 Å². The highest BCUT2D eigenvalue weighted by molar-refractivity contribution is 5.48. The molecule has 2 aromatic rings. The van der Waals surface area contributed by atoms with Crippen molar-refractivity contribution >= 4 is 5.69 Å². The van der Waals surface area contributed by atoms with Crippen LogP contribution in [-0.4, -0.2) is 26.1 Å². The molecule has 0 spiro atoms. The van der Waals surface area contributed by atoms with Crippen LogP contribution in [0.25, 0.3) is 0 Å². The van der Waals surface area contributed by atoms with Crippen LogP contribution in [-0.2, 0) is 6.54 Å². The molecule has 0 aromatic heterocycles. The average molecular weight is 284 g/mol. The lowest BCUT2D eigenvalue weighted by molar-refractivity contribution is 0.402. The van der Waals surface area contributed by atoms with Crippen LogP contribution in [0.15, 0.2) is 48.5 Å². The molecule has 2 aromatic carbocycles. The smallest absolute Gasteiger partial charge is 0.119 e. The van der Waals surface area contributed by atoms with Gasteiger partial charge in [-0.1, -0.05) is 24.3 Å². The molecule has 0 saturated heterocycles. The first-order valence-corrected chi connectivity index (χ1v) is 7.22. The van der Waals surface area contributed by atoms with Gasteiger partial charge in [0.05, 0.1) is 7.11 Å². The third-order valence-electron chi connectivity index (χ3n) is 3.40. The molecule has 1 N–H and O–H groups in total. The second-order valence-corrected chi connectivity index (χ2v) is 5.58. The maximum Gasteiger partial charge on any atom is 0.119 e. The van der Waals surface area contributed by atoms with E-state index in [1.807, 2.05) is 12.1 Å². The summed E-state index contributed by atoms with van der Waals surface area (Å²) in [5, 5.41) is 3.55. The van der Waals surface area contributed by atoms with Gasteiger partial charge >= 0.3 is 0 Å². The minimum atomic E-state index is 0.231. The van der Waals surface area contributed by atoms with E-state index in [2.05, 4.69) is 67.6 Å². The van der Waals surface area contributed by atoms with E-state index in [1.165, 1.54) is 11.1 Å². The number of methoxy groups -OCH3 is 1. The van der Waals surface area contributed by atoms with Crippen LogP contribution in [0.1, 0.15) is 24.1 Å². The van der Waals surface area contributed by atoms with Crippen molar-refractivity contribution in [1.29, 1.82) is 0 Å². The van der Waals surface area contributed by atoms with E-state index >= 15 is 0 Å². The summed E-state index contributed by atoms with van der Waals surface area (Å²) < 4.78 is 5.28. The third kappa shape index (κ3) is 4.50. The van der Waals surface area contributed by atoms with Crippen molar-refractivity contribution in [2.75, 3.05) is 26.5 Å². The van der Waals surface area contributed by atoms with Crippen LogP contribution >= 0.6 is 0 Å². The summed E-state index contributed by atoms with van der Waals surface area (Å²) >= 11 is 0. The molecule has 0 amide bonds. The predicted octanol–water partition coefficient (Wildman–Crippen LogP) is 3.93. The third-order valence-corrected chi connectivity index (χ3v) is 3.40. The van der Waals surface area contributed by atoms with E-state index in [-0.39, 0.29) is 6.04 Å². The quantitative estimate of drug-likeness (QED) is 0.870. The Morgan fingerprint density at radius 1 is 1.10 bits per heavy atom. The van der Waals surface area contributed by atoms with Crippen LogP contribution in [0.2, 0.25) is 0 Å². The van der Waals surface area contributed by atoms with E-state index in [4.69, 9.17) is 4.74 Å². The molecule has 0 saturated carbocycles. The number of anilines is 1. The molecule has 2 rings (SSSR count). The summed E-state index contributed by atoms with van der Waals surface area (Å²) in [6.07, 6.45) is 0. The summed E-state index contributed by atoms with van der Waals surface area (Å²) in [6, 6.07) is 17.0. The van der Waals surface area contributed by atoms with Gasteiger partial charge in [0, 0.05) is 18.3 Å². The number of hydrogen-bond donors (Lipinski definition) is 1. The van der Waals surface area contributed by atoms with E-state index in [0.717, 1.165) is 18.0 Å². The van der Waals surface area contributed by atoms with Crippen LogP contribution in [0.4, 0.5) is 5.69 Å². The van der Waals surface area contributed by atoms with Gasteiger partial charge in [-0.3, -0.25) is 0 Å². The molecule has 0 fully saturated rings. The molecule has 1 atom stereocenters. The van der Waals surface area contributed by atoms with Crippen molar-refractivity contribution in [2.24, 2.45) is 0 Å². The molecular formula is C18H24N2O. The maximum atomic E-state index is 5.28. The Labute approximate surface area is 127 Å². The summed E-state index contributed by atoms with van der Waals surface area (Å²) in [5.41, 5.74) is 3.67. The lowest BCUT2D eigenvalue weighted by Gasteiger charge is -2.18. The zero-order chi connectivity index (χ0) is 15.2. The Balaban J connectivity index is 2.09. The Bertz CT molecular complexity index is 581. The number of hydrogen-bond acceptors (Lipinski definition) is 3. The number of rotatable bonds is 6. The minimum Gasteiger partial charge on any atom is -0.497 e. The first-order valence-electron chi connectivity index (χ1n) is 7.22. The van der Waals surface area contributed by atoms with Crippen molar-refractivity contribution < 1.29 is 4.74 Å². The van der Waals surface area contributed by atoms with E-state index in [1.54, 1.807) is 7.11 Å². The Hall–Kier alpha value is -2.00. The number of nitrogens with one attached hydrogen (secondary N) is 1. The van der Waals surface area contributed by atoms with Crippen LogP contribution in [0, 0.1) is 0 Å². The van der Waals surface area contributed by atoms with Crippen molar-refractivity contribution in [1.82, 2.24) is 4.90 Å². The van der Waals surface area contributed by atoms with Gasteiger partial charge in [0.25, 0.3) is 0 Å².